The first kappa shape index (κ1) is 21.5. The van der Waals surface area contributed by atoms with Crippen molar-refractivity contribution in [1.29, 1.82) is 0 Å². The molecule has 29 heavy (non-hydrogen) atoms. The van der Waals surface area contributed by atoms with E-state index in [2.05, 4.69) is 15.5 Å². The number of piperidine rings is 1. The summed E-state index contributed by atoms with van der Waals surface area (Å²) < 4.78 is 13.8. The molecule has 0 unspecified atom stereocenters. The van der Waals surface area contributed by atoms with Crippen molar-refractivity contribution in [3.05, 3.63) is 29.6 Å². The van der Waals surface area contributed by atoms with Crippen molar-refractivity contribution in [2.24, 2.45) is 5.92 Å². The van der Waals surface area contributed by atoms with E-state index in [9.17, 15) is 14.0 Å². The van der Waals surface area contributed by atoms with Crippen LogP contribution in [-0.4, -0.2) is 65.2 Å². The molecule has 2 aliphatic rings. The van der Waals surface area contributed by atoms with Crippen LogP contribution < -0.4 is 10.6 Å². The molecule has 8 heteroatoms. The van der Waals surface area contributed by atoms with Gasteiger partial charge in [-0.1, -0.05) is 20.3 Å². The van der Waals surface area contributed by atoms with E-state index >= 15 is 0 Å². The number of halogens is 1. The van der Waals surface area contributed by atoms with E-state index in [-0.39, 0.29) is 37.0 Å². The number of urea groups is 1. The first-order chi connectivity index (χ1) is 13.9. The van der Waals surface area contributed by atoms with Crippen LogP contribution in [0.5, 0.6) is 0 Å². The Balaban J connectivity index is 1.77. The van der Waals surface area contributed by atoms with Crippen LogP contribution in [0, 0.1) is 11.7 Å². The normalized spacial score (nSPS) is 21.9. The van der Waals surface area contributed by atoms with Crippen molar-refractivity contribution in [1.82, 2.24) is 15.1 Å². The number of aliphatic hydroxyl groups is 1. The topological polar surface area (TPSA) is 84.9 Å². The summed E-state index contributed by atoms with van der Waals surface area (Å²) >= 11 is 0. The highest BCUT2D eigenvalue weighted by molar-refractivity contribution is 5.98. The van der Waals surface area contributed by atoms with Gasteiger partial charge >= 0.3 is 6.03 Å². The summed E-state index contributed by atoms with van der Waals surface area (Å²) in [4.78, 5) is 29.8. The Hall–Kier alpha value is -2.19. The molecule has 7 nitrogen and oxygen atoms in total. The summed E-state index contributed by atoms with van der Waals surface area (Å²) in [5.41, 5.74) is 1.15. The molecule has 3 amide bonds. The second-order valence-corrected chi connectivity index (χ2v) is 8.04. The van der Waals surface area contributed by atoms with Gasteiger partial charge in [0, 0.05) is 31.4 Å². The summed E-state index contributed by atoms with van der Waals surface area (Å²) in [6, 6.07) is 3.35. The molecule has 1 saturated heterocycles. The van der Waals surface area contributed by atoms with Gasteiger partial charge in [-0.15, -0.1) is 0 Å². The second kappa shape index (κ2) is 9.54. The quantitative estimate of drug-likeness (QED) is 0.700. The smallest absolute Gasteiger partial charge is 0.318 e. The lowest BCUT2D eigenvalue weighted by Gasteiger charge is -2.36. The van der Waals surface area contributed by atoms with Gasteiger partial charge in [0.05, 0.1) is 13.2 Å². The molecule has 2 aliphatic heterocycles. The standard InChI is InChI=1S/C21H31FN4O3/c1-3-14(2)19-20(28)24-18-5-4-16(22)12-15(18)13-26(19)21(29)23-17-6-8-25(9-7-17)10-11-27/h4-5,12,14,17,19,27H,3,6-11,13H2,1-2H3,(H,23,29)(H,24,28)/t14-,19-/m0/s1. The van der Waals surface area contributed by atoms with E-state index in [1.54, 1.807) is 11.0 Å². The lowest BCUT2D eigenvalue weighted by atomic mass is 9.97. The third-order valence-corrected chi connectivity index (χ3v) is 6.05. The van der Waals surface area contributed by atoms with Crippen molar-refractivity contribution in [3.63, 3.8) is 0 Å². The summed E-state index contributed by atoms with van der Waals surface area (Å²) in [6.45, 7) is 6.52. The van der Waals surface area contributed by atoms with E-state index in [0.717, 1.165) is 32.4 Å². The molecule has 0 aliphatic carbocycles. The largest absolute Gasteiger partial charge is 0.395 e. The summed E-state index contributed by atoms with van der Waals surface area (Å²) in [5.74, 6) is -0.666. The minimum absolute atomic E-state index is 0.0216. The van der Waals surface area contributed by atoms with Gasteiger partial charge in [-0.2, -0.15) is 0 Å². The number of nitrogens with one attached hydrogen (secondary N) is 2. The van der Waals surface area contributed by atoms with Gasteiger partial charge in [0.2, 0.25) is 5.91 Å². The molecule has 160 valence electrons. The van der Waals surface area contributed by atoms with Gasteiger partial charge in [0.15, 0.2) is 0 Å². The van der Waals surface area contributed by atoms with E-state index in [0.29, 0.717) is 17.8 Å². The average Bonchev–Trinajstić information content (AvgIpc) is 2.84. The highest BCUT2D eigenvalue weighted by Gasteiger charge is 2.37. The Labute approximate surface area is 171 Å². The first-order valence-electron chi connectivity index (χ1n) is 10.4. The SMILES string of the molecule is CC[C@H](C)[C@H]1C(=O)Nc2ccc(F)cc2CN1C(=O)NC1CCN(CCO)CC1. The zero-order valence-corrected chi connectivity index (χ0v) is 17.2. The summed E-state index contributed by atoms with van der Waals surface area (Å²) in [5, 5.41) is 15.0. The van der Waals surface area contributed by atoms with Crippen LogP contribution in [0.15, 0.2) is 18.2 Å². The number of rotatable bonds is 5. The van der Waals surface area contributed by atoms with Crippen LogP contribution in [0.2, 0.25) is 0 Å². The molecule has 0 bridgehead atoms. The third kappa shape index (κ3) is 5.05. The summed E-state index contributed by atoms with van der Waals surface area (Å²) in [7, 11) is 0. The number of hydrogen-bond acceptors (Lipinski definition) is 4. The van der Waals surface area contributed by atoms with Crippen molar-refractivity contribution in [3.8, 4) is 0 Å². The lowest BCUT2D eigenvalue weighted by Crippen LogP contribution is -2.55. The van der Waals surface area contributed by atoms with Gasteiger partial charge < -0.3 is 25.5 Å². The monoisotopic (exact) mass is 406 g/mol. The van der Waals surface area contributed by atoms with Gasteiger partial charge in [0.1, 0.15) is 11.9 Å². The van der Waals surface area contributed by atoms with Crippen molar-refractivity contribution in [2.45, 2.75) is 51.7 Å². The number of benzene rings is 1. The minimum Gasteiger partial charge on any atom is -0.395 e. The molecule has 1 fully saturated rings. The Morgan fingerprint density at radius 1 is 1.38 bits per heavy atom. The minimum atomic E-state index is -0.620. The molecule has 0 saturated carbocycles. The fraction of sp³-hybridized carbons (Fsp3) is 0.619. The van der Waals surface area contributed by atoms with Crippen LogP contribution >= 0.6 is 0 Å². The number of hydrogen-bond donors (Lipinski definition) is 3. The highest BCUT2D eigenvalue weighted by atomic mass is 19.1. The van der Waals surface area contributed by atoms with Gasteiger partial charge in [-0.25, -0.2) is 9.18 Å². The zero-order chi connectivity index (χ0) is 21.0. The van der Waals surface area contributed by atoms with Crippen LogP contribution in [0.3, 0.4) is 0 Å². The number of amides is 3. The van der Waals surface area contributed by atoms with Crippen LogP contribution in [0.25, 0.3) is 0 Å². The number of aliphatic hydroxyl groups excluding tert-OH is 1. The number of anilines is 1. The van der Waals surface area contributed by atoms with Crippen molar-refractivity contribution >= 4 is 17.6 Å². The maximum Gasteiger partial charge on any atom is 0.318 e. The molecule has 0 radical (unpaired) electrons. The molecule has 0 spiro atoms. The van der Waals surface area contributed by atoms with Gasteiger partial charge in [-0.3, -0.25) is 4.79 Å². The lowest BCUT2D eigenvalue weighted by molar-refractivity contribution is -0.121. The number of fused-ring (bicyclic) bond motifs is 1. The molecular weight excluding hydrogens is 375 g/mol. The Morgan fingerprint density at radius 3 is 2.76 bits per heavy atom. The predicted octanol–water partition coefficient (Wildman–Crippen LogP) is 2.16. The third-order valence-electron chi connectivity index (χ3n) is 6.05. The molecule has 2 atom stereocenters. The van der Waals surface area contributed by atoms with Crippen molar-refractivity contribution in [2.75, 3.05) is 31.6 Å². The molecular formula is C21H31FN4O3. The Kier molecular flexibility index (Phi) is 7.08. The predicted molar refractivity (Wildman–Crippen MR) is 109 cm³/mol. The molecule has 1 aromatic carbocycles. The fourth-order valence-electron chi connectivity index (χ4n) is 4.13. The Bertz CT molecular complexity index is 737. The van der Waals surface area contributed by atoms with E-state index in [1.165, 1.54) is 12.1 Å². The number of carbonyl (C=O) groups is 2. The van der Waals surface area contributed by atoms with Crippen LogP contribution in [-0.2, 0) is 11.3 Å². The first-order valence-corrected chi connectivity index (χ1v) is 10.4. The number of nitrogens with zero attached hydrogens (tertiary/aromatic N) is 2. The molecule has 1 aromatic rings. The van der Waals surface area contributed by atoms with E-state index in [4.69, 9.17) is 5.11 Å². The maximum absolute atomic E-state index is 13.8. The number of β-amino-alcohol motifs (C(OH)–C–C–N with tert-alkyl or cyclic N) is 1. The fourth-order valence-corrected chi connectivity index (χ4v) is 4.13. The average molecular weight is 407 g/mol. The van der Waals surface area contributed by atoms with Gasteiger partial charge in [0.25, 0.3) is 0 Å². The Morgan fingerprint density at radius 2 is 2.10 bits per heavy atom. The highest BCUT2D eigenvalue weighted by Crippen LogP contribution is 2.28. The van der Waals surface area contributed by atoms with Crippen LogP contribution in [0.1, 0.15) is 38.7 Å². The van der Waals surface area contributed by atoms with E-state index < -0.39 is 11.9 Å². The molecule has 0 aromatic heterocycles. The van der Waals surface area contributed by atoms with Crippen molar-refractivity contribution < 1.29 is 19.1 Å². The van der Waals surface area contributed by atoms with Crippen LogP contribution in [0.4, 0.5) is 14.9 Å². The van der Waals surface area contributed by atoms with E-state index in [1.807, 2.05) is 13.8 Å². The number of likely N-dealkylation sites (tertiary alicyclic amines) is 1. The molecule has 2 heterocycles. The molecule has 3 N–H and O–H groups in total. The maximum atomic E-state index is 13.8. The van der Waals surface area contributed by atoms with Gasteiger partial charge in [-0.05, 0) is 42.5 Å². The zero-order valence-electron chi connectivity index (χ0n) is 17.2. The molecule has 3 rings (SSSR count). The second-order valence-electron chi connectivity index (χ2n) is 8.04. The number of carbonyl (C=O) groups excluding carboxylic acids is 2. The summed E-state index contributed by atoms with van der Waals surface area (Å²) in [6.07, 6.45) is 2.34.